The predicted molar refractivity (Wildman–Crippen MR) is 108 cm³/mol. The molecular weight excluding hydrogens is 356 g/mol. The van der Waals surface area contributed by atoms with Gasteiger partial charge in [0.15, 0.2) is 0 Å². The van der Waals surface area contributed by atoms with Crippen molar-refractivity contribution < 1.29 is 9.59 Å². The lowest BCUT2D eigenvalue weighted by Gasteiger charge is -2.09. The Kier molecular flexibility index (Phi) is 5.84. The molecule has 7 nitrogen and oxygen atoms in total. The summed E-state index contributed by atoms with van der Waals surface area (Å²) < 4.78 is 1.46. The summed E-state index contributed by atoms with van der Waals surface area (Å²) in [4.78, 5) is 40.0. The van der Waals surface area contributed by atoms with Crippen LogP contribution in [0.3, 0.4) is 0 Å². The van der Waals surface area contributed by atoms with Gasteiger partial charge < -0.3 is 10.6 Å². The number of nitrogens with zero attached hydrogens (tertiary/aromatic N) is 2. The third-order valence-electron chi connectivity index (χ3n) is 4.40. The van der Waals surface area contributed by atoms with E-state index in [1.807, 2.05) is 31.2 Å². The maximum Gasteiger partial charge on any atom is 0.261 e. The van der Waals surface area contributed by atoms with Crippen LogP contribution in [-0.4, -0.2) is 21.4 Å². The Labute approximate surface area is 162 Å². The summed E-state index contributed by atoms with van der Waals surface area (Å²) >= 11 is 0. The molecular formula is C21H22N4O3. The van der Waals surface area contributed by atoms with Crippen LogP contribution in [0.1, 0.15) is 24.5 Å². The van der Waals surface area contributed by atoms with Gasteiger partial charge >= 0.3 is 0 Å². The largest absolute Gasteiger partial charge is 0.352 e. The van der Waals surface area contributed by atoms with E-state index in [0.29, 0.717) is 23.1 Å². The van der Waals surface area contributed by atoms with Gasteiger partial charge in [0.2, 0.25) is 11.8 Å². The molecule has 0 saturated heterocycles. The highest BCUT2D eigenvalue weighted by atomic mass is 16.2. The zero-order valence-corrected chi connectivity index (χ0v) is 15.9. The molecule has 1 heterocycles. The van der Waals surface area contributed by atoms with Gasteiger partial charge in [-0.3, -0.25) is 19.0 Å². The van der Waals surface area contributed by atoms with Crippen LogP contribution >= 0.6 is 0 Å². The van der Waals surface area contributed by atoms with Crippen molar-refractivity contribution in [1.29, 1.82) is 0 Å². The van der Waals surface area contributed by atoms with Crippen LogP contribution in [0.2, 0.25) is 0 Å². The van der Waals surface area contributed by atoms with Crippen molar-refractivity contribution in [2.45, 2.75) is 33.4 Å². The number of carbonyl (C=O) groups excluding carboxylic acids is 2. The van der Waals surface area contributed by atoms with Crippen molar-refractivity contribution in [3.8, 4) is 0 Å². The molecule has 0 atom stereocenters. The zero-order chi connectivity index (χ0) is 20.1. The van der Waals surface area contributed by atoms with Gasteiger partial charge in [-0.1, -0.05) is 24.3 Å². The average molecular weight is 378 g/mol. The Morgan fingerprint density at radius 1 is 1.11 bits per heavy atom. The number of hydrogen-bond acceptors (Lipinski definition) is 4. The fourth-order valence-corrected chi connectivity index (χ4v) is 2.92. The number of hydrogen-bond donors (Lipinski definition) is 2. The number of para-hydroxylation sites is 1. The predicted octanol–water partition coefficient (Wildman–Crippen LogP) is 2.37. The molecule has 28 heavy (non-hydrogen) atoms. The van der Waals surface area contributed by atoms with E-state index in [1.54, 1.807) is 18.2 Å². The monoisotopic (exact) mass is 378 g/mol. The highest BCUT2D eigenvalue weighted by Crippen LogP contribution is 2.11. The maximum absolute atomic E-state index is 12.5. The first-order valence-electron chi connectivity index (χ1n) is 9.02. The number of fused-ring (bicyclic) bond motifs is 1. The molecule has 2 N–H and O–H groups in total. The Morgan fingerprint density at radius 2 is 1.86 bits per heavy atom. The molecule has 3 rings (SSSR count). The first kappa shape index (κ1) is 19.3. The van der Waals surface area contributed by atoms with Crippen LogP contribution in [0.4, 0.5) is 5.69 Å². The van der Waals surface area contributed by atoms with E-state index in [2.05, 4.69) is 15.6 Å². The Balaban J connectivity index is 1.56. The Morgan fingerprint density at radius 3 is 2.57 bits per heavy atom. The lowest BCUT2D eigenvalue weighted by molar-refractivity contribution is -0.121. The van der Waals surface area contributed by atoms with Gasteiger partial charge in [0, 0.05) is 32.1 Å². The second-order valence-electron chi connectivity index (χ2n) is 6.62. The van der Waals surface area contributed by atoms with Crippen molar-refractivity contribution in [3.63, 3.8) is 0 Å². The van der Waals surface area contributed by atoms with Gasteiger partial charge in [0.05, 0.1) is 17.2 Å². The molecule has 1 aromatic heterocycles. The lowest BCUT2D eigenvalue weighted by Crippen LogP contribution is -2.27. The number of aromatic nitrogens is 2. The van der Waals surface area contributed by atoms with Gasteiger partial charge in [-0.05, 0) is 36.2 Å². The normalized spacial score (nSPS) is 10.6. The molecule has 3 aromatic rings. The third-order valence-corrected chi connectivity index (χ3v) is 4.40. The van der Waals surface area contributed by atoms with Crippen molar-refractivity contribution >= 4 is 28.4 Å². The van der Waals surface area contributed by atoms with Gasteiger partial charge in [0.25, 0.3) is 5.56 Å². The van der Waals surface area contributed by atoms with E-state index in [0.717, 1.165) is 11.1 Å². The molecule has 0 aliphatic rings. The summed E-state index contributed by atoms with van der Waals surface area (Å²) in [7, 11) is 0. The third kappa shape index (κ3) is 4.62. The summed E-state index contributed by atoms with van der Waals surface area (Å²) in [6.07, 6.45) is 1.68. The van der Waals surface area contributed by atoms with Crippen LogP contribution in [0, 0.1) is 6.92 Å². The number of nitrogens with one attached hydrogen (secondary N) is 2. The summed E-state index contributed by atoms with van der Waals surface area (Å²) in [5.41, 5.74) is 3.12. The molecule has 144 valence electrons. The maximum atomic E-state index is 12.5. The van der Waals surface area contributed by atoms with Crippen molar-refractivity contribution in [3.05, 3.63) is 70.3 Å². The van der Waals surface area contributed by atoms with Crippen LogP contribution in [0.5, 0.6) is 0 Å². The molecule has 0 bridgehead atoms. The van der Waals surface area contributed by atoms with E-state index >= 15 is 0 Å². The summed E-state index contributed by atoms with van der Waals surface area (Å²) in [6.45, 7) is 4.01. The molecule has 2 amide bonds. The van der Waals surface area contributed by atoms with Crippen LogP contribution in [0.25, 0.3) is 10.9 Å². The van der Waals surface area contributed by atoms with E-state index in [-0.39, 0.29) is 30.3 Å². The van der Waals surface area contributed by atoms with Crippen LogP contribution in [0.15, 0.2) is 53.6 Å². The lowest BCUT2D eigenvalue weighted by atomic mass is 10.1. The Hall–Kier alpha value is -3.48. The average Bonchev–Trinajstić information content (AvgIpc) is 2.67. The van der Waals surface area contributed by atoms with Crippen molar-refractivity contribution in [2.75, 3.05) is 5.32 Å². The minimum Gasteiger partial charge on any atom is -0.352 e. The summed E-state index contributed by atoms with van der Waals surface area (Å²) in [5.74, 6) is -0.281. The van der Waals surface area contributed by atoms with Gasteiger partial charge in [0.1, 0.15) is 0 Å². The minimum atomic E-state index is -0.151. The first-order chi connectivity index (χ1) is 13.4. The number of rotatable bonds is 6. The van der Waals surface area contributed by atoms with Crippen LogP contribution in [-0.2, 0) is 22.7 Å². The summed E-state index contributed by atoms with van der Waals surface area (Å²) in [6, 6.07) is 12.7. The molecule has 0 fully saturated rings. The van der Waals surface area contributed by atoms with Crippen molar-refractivity contribution in [2.24, 2.45) is 0 Å². The topological polar surface area (TPSA) is 93.1 Å². The second kappa shape index (κ2) is 8.47. The Bertz CT molecular complexity index is 1070. The highest BCUT2D eigenvalue weighted by molar-refractivity contribution is 5.88. The van der Waals surface area contributed by atoms with E-state index in [9.17, 15) is 14.4 Å². The standard InChI is InChI=1S/C21H22N4O3/c1-14-4-3-5-18-20(14)23-13-25(21(18)28)11-10-19(27)22-12-16-6-8-17(9-7-16)24-15(2)26/h3-9,13H,10-12H2,1-2H3,(H,22,27)(H,24,26). The van der Waals surface area contributed by atoms with E-state index in [1.165, 1.54) is 17.8 Å². The molecule has 0 aliphatic heterocycles. The highest BCUT2D eigenvalue weighted by Gasteiger charge is 2.08. The number of aryl methyl sites for hydroxylation is 2. The fourth-order valence-electron chi connectivity index (χ4n) is 2.92. The number of anilines is 1. The SMILES string of the molecule is CC(=O)Nc1ccc(CNC(=O)CCn2cnc3c(C)cccc3c2=O)cc1. The minimum absolute atomic E-state index is 0.130. The molecule has 2 aromatic carbocycles. The molecule has 0 spiro atoms. The van der Waals surface area contributed by atoms with Gasteiger partial charge in [-0.2, -0.15) is 0 Å². The van der Waals surface area contributed by atoms with E-state index < -0.39 is 0 Å². The zero-order valence-electron chi connectivity index (χ0n) is 15.9. The number of benzene rings is 2. The van der Waals surface area contributed by atoms with Crippen molar-refractivity contribution in [1.82, 2.24) is 14.9 Å². The van der Waals surface area contributed by atoms with Crippen LogP contribution < -0.4 is 16.2 Å². The first-order valence-corrected chi connectivity index (χ1v) is 9.02. The molecule has 0 radical (unpaired) electrons. The van der Waals surface area contributed by atoms with Gasteiger partial charge in [-0.25, -0.2) is 4.98 Å². The molecule has 0 aliphatic carbocycles. The quantitative estimate of drug-likeness (QED) is 0.689. The molecule has 0 saturated carbocycles. The van der Waals surface area contributed by atoms with Gasteiger partial charge in [-0.15, -0.1) is 0 Å². The smallest absolute Gasteiger partial charge is 0.261 e. The number of carbonyl (C=O) groups is 2. The molecule has 0 unspecified atom stereocenters. The summed E-state index contributed by atoms with van der Waals surface area (Å²) in [5, 5.41) is 6.08. The fraction of sp³-hybridized carbons (Fsp3) is 0.238. The number of amides is 2. The van der Waals surface area contributed by atoms with E-state index in [4.69, 9.17) is 0 Å². The second-order valence-corrected chi connectivity index (χ2v) is 6.62. The molecule has 7 heteroatoms.